The second-order valence-electron chi connectivity index (χ2n) is 9.10. The van der Waals surface area contributed by atoms with E-state index >= 15 is 0 Å². The Kier molecular flexibility index (Phi) is 10.1. The van der Waals surface area contributed by atoms with Crippen LogP contribution >= 0.6 is 0 Å². The minimum Gasteiger partial charge on any atom is -0.431 e. The summed E-state index contributed by atoms with van der Waals surface area (Å²) in [6.45, 7) is 15.1. The average molecular weight is 387 g/mol. The van der Waals surface area contributed by atoms with Crippen molar-refractivity contribution in [3.8, 4) is 0 Å². The zero-order valence-electron chi connectivity index (χ0n) is 18.6. The maximum absolute atomic E-state index is 12.6. The molecule has 160 valence electrons. The molecule has 0 radical (unpaired) electrons. The van der Waals surface area contributed by atoms with E-state index in [1.807, 2.05) is 0 Å². The summed E-state index contributed by atoms with van der Waals surface area (Å²) in [7, 11) is 0. The Morgan fingerprint density at radius 1 is 0.963 bits per heavy atom. The number of carbonyl (C=O) groups is 1. The zero-order valence-corrected chi connectivity index (χ0v) is 18.6. The third-order valence-electron chi connectivity index (χ3n) is 5.41. The van der Waals surface area contributed by atoms with E-state index in [1.165, 1.54) is 0 Å². The molecular formula is C22H42O5. The van der Waals surface area contributed by atoms with Gasteiger partial charge in [-0.1, -0.05) is 74.1 Å². The van der Waals surface area contributed by atoms with E-state index in [9.17, 15) is 4.79 Å². The lowest BCUT2D eigenvalue weighted by molar-refractivity contribution is -0.0995. The van der Waals surface area contributed by atoms with Crippen molar-refractivity contribution in [2.75, 3.05) is 0 Å². The summed E-state index contributed by atoms with van der Waals surface area (Å²) in [5.74, 6) is -0.859. The quantitative estimate of drug-likeness (QED) is 0.194. The van der Waals surface area contributed by atoms with E-state index in [4.69, 9.17) is 19.2 Å². The van der Waals surface area contributed by atoms with Gasteiger partial charge in [0.25, 0.3) is 0 Å². The van der Waals surface area contributed by atoms with Crippen molar-refractivity contribution >= 4 is 6.16 Å². The van der Waals surface area contributed by atoms with Crippen molar-refractivity contribution in [3.63, 3.8) is 0 Å². The molecule has 5 nitrogen and oxygen atoms in total. The Bertz CT molecular complexity index is 425. The van der Waals surface area contributed by atoms with Gasteiger partial charge in [-0.25, -0.2) is 4.79 Å². The van der Waals surface area contributed by atoms with E-state index in [2.05, 4.69) is 48.5 Å². The van der Waals surface area contributed by atoms with E-state index in [1.54, 1.807) is 0 Å². The van der Waals surface area contributed by atoms with Crippen LogP contribution in [0.1, 0.15) is 106 Å². The van der Waals surface area contributed by atoms with Crippen molar-refractivity contribution in [1.82, 2.24) is 0 Å². The van der Waals surface area contributed by atoms with Gasteiger partial charge in [0.2, 0.25) is 0 Å². The molecule has 1 aliphatic heterocycles. The number of hydrogen-bond donors (Lipinski definition) is 0. The van der Waals surface area contributed by atoms with Crippen molar-refractivity contribution < 1.29 is 24.0 Å². The summed E-state index contributed by atoms with van der Waals surface area (Å²) in [4.78, 5) is 22.8. The molecule has 0 aromatic rings. The Balaban J connectivity index is 2.74. The standard InChI is InChI=1S/C22H42O5/c1-8-12-14-17(10-3)19(16-21(5,6)7)24-20(23)25-22(26-27-22)18(11-4)15-13-9-2/h17-19H,8-16H2,1-7H3. The fourth-order valence-corrected chi connectivity index (χ4v) is 3.67. The van der Waals surface area contributed by atoms with Crippen molar-refractivity contribution in [3.05, 3.63) is 0 Å². The van der Waals surface area contributed by atoms with Crippen LogP contribution in [0.4, 0.5) is 4.79 Å². The molecular weight excluding hydrogens is 344 g/mol. The van der Waals surface area contributed by atoms with Gasteiger partial charge in [0.15, 0.2) is 0 Å². The Morgan fingerprint density at radius 3 is 2.00 bits per heavy atom. The fourth-order valence-electron chi connectivity index (χ4n) is 3.67. The third-order valence-corrected chi connectivity index (χ3v) is 5.41. The van der Waals surface area contributed by atoms with Crippen LogP contribution < -0.4 is 0 Å². The minimum absolute atomic E-state index is 0.0353. The summed E-state index contributed by atoms with van der Waals surface area (Å²) in [5.41, 5.74) is 0.0714. The lowest BCUT2D eigenvalue weighted by atomic mass is 9.82. The van der Waals surface area contributed by atoms with E-state index < -0.39 is 12.1 Å². The van der Waals surface area contributed by atoms with Crippen LogP contribution in [-0.2, 0) is 19.2 Å². The van der Waals surface area contributed by atoms with Crippen LogP contribution in [0, 0.1) is 17.3 Å². The van der Waals surface area contributed by atoms with Crippen molar-refractivity contribution in [2.24, 2.45) is 17.3 Å². The monoisotopic (exact) mass is 386 g/mol. The second kappa shape index (κ2) is 11.3. The van der Waals surface area contributed by atoms with Crippen LogP contribution in [0.15, 0.2) is 0 Å². The predicted octanol–water partition coefficient (Wildman–Crippen LogP) is 6.99. The van der Waals surface area contributed by atoms with Crippen molar-refractivity contribution in [1.29, 1.82) is 0 Å². The summed E-state index contributed by atoms with van der Waals surface area (Å²) < 4.78 is 11.4. The SMILES string of the molecule is CCCCC(CC)C(CC(C)(C)C)OC(=O)OC1(C(CC)CCCC)OO1. The first-order valence-corrected chi connectivity index (χ1v) is 11.0. The van der Waals surface area contributed by atoms with Gasteiger partial charge in [0.1, 0.15) is 6.10 Å². The molecule has 0 saturated carbocycles. The molecule has 5 heteroatoms. The highest BCUT2D eigenvalue weighted by atomic mass is 17.5. The van der Waals surface area contributed by atoms with Gasteiger partial charge in [-0.05, 0) is 43.4 Å². The van der Waals surface area contributed by atoms with Crippen LogP contribution in [0.3, 0.4) is 0 Å². The van der Waals surface area contributed by atoms with Crippen LogP contribution in [0.2, 0.25) is 0 Å². The van der Waals surface area contributed by atoms with Gasteiger partial charge in [0.05, 0.1) is 5.92 Å². The molecule has 0 amide bonds. The Labute approximate surface area is 166 Å². The number of ether oxygens (including phenoxy) is 2. The highest BCUT2D eigenvalue weighted by Crippen LogP contribution is 2.43. The lowest BCUT2D eigenvalue weighted by Crippen LogP contribution is -2.35. The topological polar surface area (TPSA) is 60.6 Å². The molecule has 0 N–H and O–H groups in total. The maximum Gasteiger partial charge on any atom is 0.513 e. The first-order chi connectivity index (χ1) is 12.7. The Morgan fingerprint density at radius 2 is 1.56 bits per heavy atom. The summed E-state index contributed by atoms with van der Waals surface area (Å²) >= 11 is 0. The molecule has 1 aliphatic rings. The van der Waals surface area contributed by atoms with Crippen LogP contribution in [-0.4, -0.2) is 18.2 Å². The highest BCUT2D eigenvalue weighted by Gasteiger charge is 2.60. The van der Waals surface area contributed by atoms with E-state index in [0.29, 0.717) is 5.92 Å². The van der Waals surface area contributed by atoms with Gasteiger partial charge in [0, 0.05) is 0 Å². The molecule has 1 saturated heterocycles. The molecule has 0 aromatic heterocycles. The van der Waals surface area contributed by atoms with Gasteiger partial charge in [-0.2, -0.15) is 9.78 Å². The lowest BCUT2D eigenvalue weighted by Gasteiger charge is -2.31. The third kappa shape index (κ3) is 8.39. The number of carbonyl (C=O) groups excluding carboxylic acids is 1. The van der Waals surface area contributed by atoms with E-state index in [-0.39, 0.29) is 17.4 Å². The molecule has 27 heavy (non-hydrogen) atoms. The average Bonchev–Trinajstić information content (AvgIpc) is 3.34. The van der Waals surface area contributed by atoms with Crippen LogP contribution in [0.5, 0.6) is 0 Å². The normalized spacial score (nSPS) is 19.2. The first-order valence-electron chi connectivity index (χ1n) is 11.0. The molecule has 1 rings (SSSR count). The smallest absolute Gasteiger partial charge is 0.431 e. The molecule has 1 fully saturated rings. The molecule has 0 aromatic carbocycles. The van der Waals surface area contributed by atoms with Gasteiger partial charge in [-0.3, -0.25) is 0 Å². The minimum atomic E-state index is -1.24. The highest BCUT2D eigenvalue weighted by molar-refractivity contribution is 5.60. The van der Waals surface area contributed by atoms with Crippen LogP contribution in [0.25, 0.3) is 0 Å². The molecule has 1 heterocycles. The molecule has 3 unspecified atom stereocenters. The molecule has 0 spiro atoms. The molecule has 0 aliphatic carbocycles. The van der Waals surface area contributed by atoms with Gasteiger partial charge >= 0.3 is 12.1 Å². The first kappa shape index (κ1) is 24.2. The second-order valence-corrected chi connectivity index (χ2v) is 9.10. The number of hydrogen-bond acceptors (Lipinski definition) is 5. The number of unbranched alkanes of at least 4 members (excludes halogenated alkanes) is 2. The van der Waals surface area contributed by atoms with Crippen molar-refractivity contribution in [2.45, 2.75) is 118 Å². The summed E-state index contributed by atoms with van der Waals surface area (Å²) in [5, 5.41) is 0. The van der Waals surface area contributed by atoms with Gasteiger partial charge < -0.3 is 9.47 Å². The fraction of sp³-hybridized carbons (Fsp3) is 0.955. The Hall–Kier alpha value is -0.810. The number of rotatable bonds is 13. The van der Waals surface area contributed by atoms with Gasteiger partial charge in [-0.15, -0.1) is 0 Å². The largest absolute Gasteiger partial charge is 0.513 e. The molecule has 0 bridgehead atoms. The zero-order chi connectivity index (χ0) is 20.5. The van der Waals surface area contributed by atoms with E-state index in [0.717, 1.165) is 57.8 Å². The summed E-state index contributed by atoms with van der Waals surface area (Å²) in [6.07, 6.45) is 8.18. The maximum atomic E-state index is 12.6. The predicted molar refractivity (Wildman–Crippen MR) is 107 cm³/mol. The summed E-state index contributed by atoms with van der Waals surface area (Å²) in [6, 6.07) is 0. The molecule has 3 atom stereocenters.